The van der Waals surface area contributed by atoms with Gasteiger partial charge in [-0.15, -0.1) is 0 Å². The Morgan fingerprint density at radius 1 is 1.05 bits per heavy atom. The number of hydrogen-bond acceptors (Lipinski definition) is 1. The van der Waals surface area contributed by atoms with E-state index in [0.29, 0.717) is 17.0 Å². The quantitative estimate of drug-likeness (QED) is 0.747. The second-order valence-corrected chi connectivity index (χ2v) is 5.14. The fourth-order valence-corrected chi connectivity index (χ4v) is 2.11. The van der Waals surface area contributed by atoms with Crippen molar-refractivity contribution < 1.29 is 9.18 Å². The topological polar surface area (TPSA) is 17.1 Å². The summed E-state index contributed by atoms with van der Waals surface area (Å²) in [7, 11) is 0. The highest BCUT2D eigenvalue weighted by atomic mass is 19.1. The lowest BCUT2D eigenvalue weighted by Gasteiger charge is -2.07. The van der Waals surface area contributed by atoms with Crippen molar-refractivity contribution in [3.63, 3.8) is 0 Å². The van der Waals surface area contributed by atoms with Gasteiger partial charge in [0.15, 0.2) is 5.78 Å². The number of ketones is 1. The first kappa shape index (κ1) is 13.5. The number of carbonyl (C=O) groups excluding carboxylic acids is 1. The molecule has 0 aliphatic rings. The standard InChI is InChI=1S/C17H17FO/c1-12(2)9-13-5-3-6-14(10-13)17(19)15-7-4-8-16(18)11-15/h3-8,10-12H,9H2,1-2H3. The van der Waals surface area contributed by atoms with Crippen molar-refractivity contribution in [3.8, 4) is 0 Å². The average Bonchev–Trinajstić information content (AvgIpc) is 2.37. The van der Waals surface area contributed by atoms with Crippen molar-refractivity contribution in [2.45, 2.75) is 20.3 Å². The highest BCUT2D eigenvalue weighted by Crippen LogP contribution is 2.15. The van der Waals surface area contributed by atoms with Gasteiger partial charge in [-0.2, -0.15) is 0 Å². The van der Waals surface area contributed by atoms with Crippen LogP contribution >= 0.6 is 0 Å². The van der Waals surface area contributed by atoms with Crippen LogP contribution in [0.4, 0.5) is 4.39 Å². The molecule has 0 radical (unpaired) electrons. The molecule has 0 heterocycles. The Morgan fingerprint density at radius 2 is 1.68 bits per heavy atom. The zero-order valence-corrected chi connectivity index (χ0v) is 11.2. The van der Waals surface area contributed by atoms with Crippen LogP contribution < -0.4 is 0 Å². The molecule has 0 saturated carbocycles. The maximum Gasteiger partial charge on any atom is 0.193 e. The molecule has 2 aromatic rings. The van der Waals surface area contributed by atoms with Gasteiger partial charge in [0.25, 0.3) is 0 Å². The Labute approximate surface area is 113 Å². The van der Waals surface area contributed by atoms with Crippen molar-refractivity contribution >= 4 is 5.78 Å². The fourth-order valence-electron chi connectivity index (χ4n) is 2.11. The highest BCUT2D eigenvalue weighted by molar-refractivity contribution is 6.09. The fraction of sp³-hybridized carbons (Fsp3) is 0.235. The van der Waals surface area contributed by atoms with Crippen LogP contribution in [0, 0.1) is 11.7 Å². The average molecular weight is 256 g/mol. The molecule has 0 aliphatic carbocycles. The van der Waals surface area contributed by atoms with Crippen molar-refractivity contribution in [2.24, 2.45) is 5.92 Å². The largest absolute Gasteiger partial charge is 0.289 e. The van der Waals surface area contributed by atoms with Crippen molar-refractivity contribution in [3.05, 3.63) is 71.0 Å². The summed E-state index contributed by atoms with van der Waals surface area (Å²) in [6.07, 6.45) is 0.935. The summed E-state index contributed by atoms with van der Waals surface area (Å²) in [5.41, 5.74) is 2.14. The van der Waals surface area contributed by atoms with Gasteiger partial charge in [0.1, 0.15) is 5.82 Å². The number of hydrogen-bond donors (Lipinski definition) is 0. The molecular weight excluding hydrogens is 239 g/mol. The van der Waals surface area contributed by atoms with Crippen LogP contribution in [-0.4, -0.2) is 5.78 Å². The lowest BCUT2D eigenvalue weighted by atomic mass is 9.97. The van der Waals surface area contributed by atoms with E-state index in [9.17, 15) is 9.18 Å². The molecule has 0 bridgehead atoms. The van der Waals surface area contributed by atoms with Crippen molar-refractivity contribution in [1.29, 1.82) is 0 Å². The third kappa shape index (κ3) is 3.50. The molecule has 19 heavy (non-hydrogen) atoms. The van der Waals surface area contributed by atoms with E-state index >= 15 is 0 Å². The second-order valence-electron chi connectivity index (χ2n) is 5.14. The highest BCUT2D eigenvalue weighted by Gasteiger charge is 2.10. The summed E-state index contributed by atoms with van der Waals surface area (Å²) in [4.78, 5) is 12.3. The van der Waals surface area contributed by atoms with Gasteiger partial charge in [-0.05, 0) is 36.1 Å². The summed E-state index contributed by atoms with van der Waals surface area (Å²) in [5, 5.41) is 0. The molecule has 2 aromatic carbocycles. The lowest BCUT2D eigenvalue weighted by Crippen LogP contribution is -2.03. The number of rotatable bonds is 4. The third-order valence-electron chi connectivity index (χ3n) is 2.92. The Hall–Kier alpha value is -1.96. The third-order valence-corrected chi connectivity index (χ3v) is 2.92. The van der Waals surface area contributed by atoms with E-state index < -0.39 is 0 Å². The summed E-state index contributed by atoms with van der Waals surface area (Å²) < 4.78 is 13.1. The molecule has 1 nitrogen and oxygen atoms in total. The minimum Gasteiger partial charge on any atom is -0.289 e. The Bertz CT molecular complexity index is 587. The first-order chi connectivity index (χ1) is 9.06. The monoisotopic (exact) mass is 256 g/mol. The summed E-state index contributed by atoms with van der Waals surface area (Å²) in [5.74, 6) is 0.0220. The van der Waals surface area contributed by atoms with Crippen LogP contribution in [-0.2, 0) is 6.42 Å². The van der Waals surface area contributed by atoms with E-state index in [4.69, 9.17) is 0 Å². The molecule has 0 aromatic heterocycles. The first-order valence-corrected chi connectivity index (χ1v) is 6.45. The maximum absolute atomic E-state index is 13.1. The lowest BCUT2D eigenvalue weighted by molar-refractivity contribution is 0.103. The van der Waals surface area contributed by atoms with Gasteiger partial charge in [0.05, 0.1) is 0 Å². The van der Waals surface area contributed by atoms with Crippen LogP contribution in [0.1, 0.15) is 35.3 Å². The molecule has 0 spiro atoms. The van der Waals surface area contributed by atoms with Crippen LogP contribution in [0.25, 0.3) is 0 Å². The Balaban J connectivity index is 2.29. The normalized spacial score (nSPS) is 10.7. The summed E-state index contributed by atoms with van der Waals surface area (Å²) >= 11 is 0. The zero-order chi connectivity index (χ0) is 13.8. The molecule has 2 rings (SSSR count). The van der Waals surface area contributed by atoms with Crippen LogP contribution in [0.3, 0.4) is 0 Å². The van der Waals surface area contributed by atoms with Gasteiger partial charge in [-0.1, -0.05) is 44.2 Å². The van der Waals surface area contributed by atoms with E-state index in [1.807, 2.05) is 18.2 Å². The van der Waals surface area contributed by atoms with E-state index in [1.165, 1.54) is 12.1 Å². The first-order valence-electron chi connectivity index (χ1n) is 6.45. The van der Waals surface area contributed by atoms with E-state index in [2.05, 4.69) is 13.8 Å². The van der Waals surface area contributed by atoms with Crippen LogP contribution in [0.15, 0.2) is 48.5 Å². The van der Waals surface area contributed by atoms with Crippen LogP contribution in [0.2, 0.25) is 0 Å². The second kappa shape index (κ2) is 5.79. The van der Waals surface area contributed by atoms with Gasteiger partial charge in [-0.3, -0.25) is 4.79 Å². The molecule has 0 amide bonds. The molecule has 2 heteroatoms. The SMILES string of the molecule is CC(C)Cc1cccc(C(=O)c2cccc(F)c2)c1. The summed E-state index contributed by atoms with van der Waals surface area (Å²) in [6, 6.07) is 13.4. The maximum atomic E-state index is 13.1. The van der Waals surface area contributed by atoms with E-state index in [-0.39, 0.29) is 11.6 Å². The van der Waals surface area contributed by atoms with Crippen molar-refractivity contribution in [2.75, 3.05) is 0 Å². The van der Waals surface area contributed by atoms with Crippen molar-refractivity contribution in [1.82, 2.24) is 0 Å². The number of benzene rings is 2. The zero-order valence-electron chi connectivity index (χ0n) is 11.2. The minimum atomic E-state index is -0.385. The molecule has 0 fully saturated rings. The Morgan fingerprint density at radius 3 is 2.32 bits per heavy atom. The molecular formula is C17H17FO. The van der Waals surface area contributed by atoms with Crippen LogP contribution in [0.5, 0.6) is 0 Å². The molecule has 0 atom stereocenters. The molecule has 0 saturated heterocycles. The van der Waals surface area contributed by atoms with Gasteiger partial charge in [-0.25, -0.2) is 4.39 Å². The smallest absolute Gasteiger partial charge is 0.193 e. The predicted octanol–water partition coefficient (Wildman–Crippen LogP) is 4.26. The van der Waals surface area contributed by atoms with Gasteiger partial charge < -0.3 is 0 Å². The number of halogens is 1. The molecule has 98 valence electrons. The number of carbonyl (C=O) groups is 1. The molecule has 0 aliphatic heterocycles. The van der Waals surface area contributed by atoms with E-state index in [1.54, 1.807) is 18.2 Å². The molecule has 0 N–H and O–H groups in total. The predicted molar refractivity (Wildman–Crippen MR) is 74.8 cm³/mol. The van der Waals surface area contributed by atoms with Gasteiger partial charge >= 0.3 is 0 Å². The minimum absolute atomic E-state index is 0.134. The summed E-state index contributed by atoms with van der Waals surface area (Å²) in [6.45, 7) is 4.28. The van der Waals surface area contributed by atoms with Gasteiger partial charge in [0.2, 0.25) is 0 Å². The van der Waals surface area contributed by atoms with E-state index in [0.717, 1.165) is 12.0 Å². The molecule has 0 unspecified atom stereocenters. The Kier molecular flexibility index (Phi) is 4.10. The van der Waals surface area contributed by atoms with Gasteiger partial charge in [0, 0.05) is 11.1 Å².